The van der Waals surface area contributed by atoms with Gasteiger partial charge in [-0.2, -0.15) is 0 Å². The van der Waals surface area contributed by atoms with Crippen molar-refractivity contribution in [1.29, 1.82) is 0 Å². The molecule has 0 fully saturated rings. The highest BCUT2D eigenvalue weighted by Gasteiger charge is 2.46. The van der Waals surface area contributed by atoms with Gasteiger partial charge in [-0.05, 0) is 53.2 Å². The Balaban J connectivity index is 2.16. The summed E-state index contributed by atoms with van der Waals surface area (Å²) in [4.78, 5) is 0. The highest BCUT2D eigenvalue weighted by atomic mass is 14.5. The van der Waals surface area contributed by atoms with Crippen LogP contribution in [0.15, 0.2) is 109 Å². The van der Waals surface area contributed by atoms with E-state index in [0.717, 1.165) is 12.8 Å². The molecule has 0 heteroatoms. The third-order valence-electron chi connectivity index (χ3n) is 5.49. The lowest BCUT2D eigenvalue weighted by Gasteiger charge is -2.36. The normalized spacial score (nSPS) is 21.8. The fraction of sp³-hybridized carbons (Fsp3) is 0.154. The van der Waals surface area contributed by atoms with E-state index in [2.05, 4.69) is 98.5 Å². The van der Waals surface area contributed by atoms with Crippen molar-refractivity contribution in [2.24, 2.45) is 0 Å². The molecule has 0 aliphatic heterocycles. The fourth-order valence-electron chi connectivity index (χ4n) is 4.51. The summed E-state index contributed by atoms with van der Waals surface area (Å²) in [6, 6.07) is 19.7. The molecule has 26 heavy (non-hydrogen) atoms. The number of benzene rings is 2. The Morgan fingerprint density at radius 3 is 2.42 bits per heavy atom. The summed E-state index contributed by atoms with van der Waals surface area (Å²) < 4.78 is 0. The first-order valence-corrected chi connectivity index (χ1v) is 9.36. The molecule has 2 aliphatic carbocycles. The van der Waals surface area contributed by atoms with Crippen LogP contribution in [-0.2, 0) is 5.41 Å². The maximum atomic E-state index is 4.15. The Hall–Kier alpha value is -2.86. The molecule has 1 atom stereocenters. The number of fused-ring (bicyclic) bond motifs is 1. The third kappa shape index (κ3) is 2.29. The second-order valence-electron chi connectivity index (χ2n) is 6.83. The van der Waals surface area contributed by atoms with Crippen molar-refractivity contribution in [2.45, 2.75) is 25.2 Å². The topological polar surface area (TPSA) is 0 Å². The Morgan fingerprint density at radius 1 is 0.962 bits per heavy atom. The molecule has 0 radical (unpaired) electrons. The minimum Gasteiger partial charge on any atom is -0.0984 e. The molecule has 2 aliphatic rings. The molecule has 0 N–H and O–H groups in total. The van der Waals surface area contributed by atoms with E-state index in [0.29, 0.717) is 0 Å². The summed E-state index contributed by atoms with van der Waals surface area (Å²) in [7, 11) is 0. The van der Waals surface area contributed by atoms with E-state index in [1.807, 2.05) is 6.08 Å². The zero-order valence-electron chi connectivity index (χ0n) is 15.3. The molecule has 4 rings (SSSR count). The Bertz CT molecular complexity index is 951. The van der Waals surface area contributed by atoms with E-state index >= 15 is 0 Å². The molecule has 0 bridgehead atoms. The van der Waals surface area contributed by atoms with Crippen LogP contribution >= 0.6 is 0 Å². The second-order valence-corrected chi connectivity index (χ2v) is 6.83. The summed E-state index contributed by atoms with van der Waals surface area (Å²) in [6.07, 6.45) is 15.7. The summed E-state index contributed by atoms with van der Waals surface area (Å²) in [6.45, 7) is 6.24. The van der Waals surface area contributed by atoms with E-state index in [1.165, 1.54) is 33.4 Å². The molecule has 0 nitrogen and oxygen atoms in total. The Labute approximate surface area is 156 Å². The molecule has 0 amide bonds. The maximum absolute atomic E-state index is 4.15. The van der Waals surface area contributed by atoms with Gasteiger partial charge in [0.1, 0.15) is 0 Å². The monoisotopic (exact) mass is 336 g/mol. The van der Waals surface area contributed by atoms with Gasteiger partial charge in [0, 0.05) is 0 Å². The smallest absolute Gasteiger partial charge is 0.0710 e. The summed E-state index contributed by atoms with van der Waals surface area (Å²) in [5.74, 6) is 0. The first-order chi connectivity index (χ1) is 12.8. The molecule has 0 saturated carbocycles. The molecule has 2 aromatic carbocycles. The highest BCUT2D eigenvalue weighted by molar-refractivity contribution is 5.91. The van der Waals surface area contributed by atoms with Gasteiger partial charge in [0.25, 0.3) is 0 Å². The van der Waals surface area contributed by atoms with Gasteiger partial charge in [0.15, 0.2) is 0 Å². The highest BCUT2D eigenvalue weighted by Crippen LogP contribution is 2.56. The van der Waals surface area contributed by atoms with Gasteiger partial charge in [-0.25, -0.2) is 0 Å². The molecule has 0 saturated heterocycles. The van der Waals surface area contributed by atoms with Crippen LogP contribution < -0.4 is 0 Å². The third-order valence-corrected chi connectivity index (χ3v) is 5.49. The van der Waals surface area contributed by atoms with Crippen LogP contribution in [0.25, 0.3) is 5.57 Å². The molecule has 128 valence electrons. The van der Waals surface area contributed by atoms with Crippen LogP contribution in [0, 0.1) is 0 Å². The van der Waals surface area contributed by atoms with Gasteiger partial charge in [-0.15, -0.1) is 0 Å². The van der Waals surface area contributed by atoms with Crippen molar-refractivity contribution < 1.29 is 0 Å². The Morgan fingerprint density at radius 2 is 1.73 bits per heavy atom. The van der Waals surface area contributed by atoms with E-state index in [4.69, 9.17) is 0 Å². The number of hydrogen-bond donors (Lipinski definition) is 0. The van der Waals surface area contributed by atoms with E-state index in [1.54, 1.807) is 0 Å². The summed E-state index contributed by atoms with van der Waals surface area (Å²) in [5.41, 5.74) is 7.61. The molecular weight excluding hydrogens is 312 g/mol. The van der Waals surface area contributed by atoms with Crippen LogP contribution in [0.4, 0.5) is 0 Å². The lowest BCUT2D eigenvalue weighted by atomic mass is 9.65. The van der Waals surface area contributed by atoms with Crippen molar-refractivity contribution in [3.05, 3.63) is 125 Å². The second kappa shape index (κ2) is 6.80. The minimum absolute atomic E-state index is 0.273. The zero-order chi connectivity index (χ0) is 18.0. The maximum Gasteiger partial charge on any atom is 0.0710 e. The average Bonchev–Trinajstić information content (AvgIpc) is 3.00. The predicted octanol–water partition coefficient (Wildman–Crippen LogP) is 6.78. The first kappa shape index (κ1) is 16.6. The summed E-state index contributed by atoms with van der Waals surface area (Å²) in [5, 5.41) is 0. The van der Waals surface area contributed by atoms with Crippen LogP contribution in [0.3, 0.4) is 0 Å². The van der Waals surface area contributed by atoms with Crippen molar-refractivity contribution in [1.82, 2.24) is 0 Å². The number of rotatable bonds is 4. The van der Waals surface area contributed by atoms with Crippen molar-refractivity contribution in [3.8, 4) is 0 Å². The fourth-order valence-corrected chi connectivity index (χ4v) is 4.51. The summed E-state index contributed by atoms with van der Waals surface area (Å²) >= 11 is 0. The number of hydrogen-bond acceptors (Lipinski definition) is 0. The van der Waals surface area contributed by atoms with E-state index < -0.39 is 0 Å². The van der Waals surface area contributed by atoms with Crippen molar-refractivity contribution in [3.63, 3.8) is 0 Å². The minimum atomic E-state index is -0.273. The van der Waals surface area contributed by atoms with Gasteiger partial charge < -0.3 is 0 Å². The first-order valence-electron chi connectivity index (χ1n) is 9.36. The van der Waals surface area contributed by atoms with E-state index in [-0.39, 0.29) is 5.41 Å². The van der Waals surface area contributed by atoms with E-state index in [9.17, 15) is 0 Å². The largest absolute Gasteiger partial charge is 0.0984 e. The van der Waals surface area contributed by atoms with Crippen LogP contribution in [0.1, 0.15) is 36.5 Å². The number of allylic oxidation sites excluding steroid dienone is 9. The SMILES string of the molecule is C=CC1=C(/C=C\C)C(C2=CCCC=C2)(c2ccccc2)c2ccccc21. The molecule has 0 spiro atoms. The molecular formula is C26H24. The van der Waals surface area contributed by atoms with Crippen LogP contribution in [0.2, 0.25) is 0 Å². The standard InChI is InChI=1S/C26H24/c1-3-13-24-22(4-2)23-18-11-12-19-25(23)26(24,20-14-7-5-8-15-20)21-16-9-6-10-17-21/h3-5,7-9,11-19H,2,6,10H2,1H3/b13-3-. The van der Waals surface area contributed by atoms with Crippen molar-refractivity contribution in [2.75, 3.05) is 0 Å². The lowest BCUT2D eigenvalue weighted by Crippen LogP contribution is -2.30. The average molecular weight is 336 g/mol. The molecule has 2 aromatic rings. The van der Waals surface area contributed by atoms with Gasteiger partial charge in [0.2, 0.25) is 0 Å². The van der Waals surface area contributed by atoms with Gasteiger partial charge >= 0.3 is 0 Å². The molecule has 0 aromatic heterocycles. The van der Waals surface area contributed by atoms with Gasteiger partial charge in [-0.1, -0.05) is 97.6 Å². The van der Waals surface area contributed by atoms with Crippen LogP contribution in [-0.4, -0.2) is 0 Å². The Kier molecular flexibility index (Phi) is 4.34. The molecule has 1 unspecified atom stereocenters. The lowest BCUT2D eigenvalue weighted by molar-refractivity contribution is 0.745. The zero-order valence-corrected chi connectivity index (χ0v) is 15.3. The van der Waals surface area contributed by atoms with Gasteiger partial charge in [0.05, 0.1) is 5.41 Å². The van der Waals surface area contributed by atoms with Gasteiger partial charge in [-0.3, -0.25) is 0 Å². The van der Waals surface area contributed by atoms with Crippen molar-refractivity contribution >= 4 is 5.57 Å². The molecule has 0 heterocycles. The van der Waals surface area contributed by atoms with Crippen LogP contribution in [0.5, 0.6) is 0 Å². The predicted molar refractivity (Wildman–Crippen MR) is 112 cm³/mol. The quantitative estimate of drug-likeness (QED) is 0.577.